The summed E-state index contributed by atoms with van der Waals surface area (Å²) in [6, 6.07) is 19.5. The number of nitrogens with zero attached hydrogens (tertiary/aromatic N) is 1. The molecule has 0 spiro atoms. The number of carbonyl (C=O) groups excluding carboxylic acids is 4. The maximum atomic E-state index is 13.5. The van der Waals surface area contributed by atoms with E-state index >= 15 is 0 Å². The summed E-state index contributed by atoms with van der Waals surface area (Å²) in [5.74, 6) is -2.10. The van der Waals surface area contributed by atoms with Crippen molar-refractivity contribution in [2.75, 3.05) is 4.90 Å². The van der Waals surface area contributed by atoms with Crippen LogP contribution in [0.3, 0.4) is 0 Å². The van der Waals surface area contributed by atoms with E-state index in [1.807, 2.05) is 26.0 Å². The third-order valence-electron chi connectivity index (χ3n) is 5.52. The average molecular weight is 411 g/mol. The monoisotopic (exact) mass is 411 g/mol. The predicted molar refractivity (Wildman–Crippen MR) is 118 cm³/mol. The van der Waals surface area contributed by atoms with E-state index in [0.717, 1.165) is 11.1 Å². The van der Waals surface area contributed by atoms with Crippen molar-refractivity contribution in [3.63, 3.8) is 0 Å². The summed E-state index contributed by atoms with van der Waals surface area (Å²) < 4.78 is 0. The van der Waals surface area contributed by atoms with Gasteiger partial charge in [0.25, 0.3) is 11.7 Å². The summed E-state index contributed by atoms with van der Waals surface area (Å²) in [6.45, 7) is 3.83. The van der Waals surface area contributed by atoms with Crippen LogP contribution in [0.1, 0.15) is 48.6 Å². The van der Waals surface area contributed by atoms with Crippen molar-refractivity contribution in [1.29, 1.82) is 0 Å². The van der Waals surface area contributed by atoms with Crippen LogP contribution in [0.2, 0.25) is 0 Å². The van der Waals surface area contributed by atoms with E-state index in [0.29, 0.717) is 16.8 Å². The average Bonchev–Trinajstić information content (AvgIpc) is 3.03. The van der Waals surface area contributed by atoms with Crippen molar-refractivity contribution < 1.29 is 19.2 Å². The highest BCUT2D eigenvalue weighted by Gasteiger charge is 2.43. The molecular formula is C26H21NO4. The van der Waals surface area contributed by atoms with Crippen molar-refractivity contribution in [3.8, 4) is 0 Å². The molecule has 5 heteroatoms. The second-order valence-corrected chi connectivity index (χ2v) is 7.76. The molecule has 0 unspecified atom stereocenters. The van der Waals surface area contributed by atoms with E-state index in [9.17, 15) is 19.2 Å². The molecule has 0 bridgehead atoms. The van der Waals surface area contributed by atoms with E-state index in [-0.39, 0.29) is 23.6 Å². The van der Waals surface area contributed by atoms with Gasteiger partial charge >= 0.3 is 0 Å². The van der Waals surface area contributed by atoms with Gasteiger partial charge in [-0.3, -0.25) is 24.1 Å². The number of hydrogen-bond acceptors (Lipinski definition) is 4. The van der Waals surface area contributed by atoms with Crippen LogP contribution in [0.4, 0.5) is 5.69 Å². The number of ketones is 3. The SMILES string of the molecule is Cc1ccc(C(=O)C[C@@H](C(=O)c2ccc(C)cc2)N2C(=O)C(=O)c3ccccc32)cc1. The number of Topliss-reactive ketones (excluding diaryl/α,β-unsaturated/α-hetero) is 3. The minimum Gasteiger partial charge on any atom is -0.294 e. The van der Waals surface area contributed by atoms with Crippen molar-refractivity contribution in [2.45, 2.75) is 26.3 Å². The molecule has 31 heavy (non-hydrogen) atoms. The second-order valence-electron chi connectivity index (χ2n) is 7.76. The van der Waals surface area contributed by atoms with E-state index in [1.165, 1.54) is 4.90 Å². The van der Waals surface area contributed by atoms with Crippen molar-refractivity contribution in [2.24, 2.45) is 0 Å². The Morgan fingerprint density at radius 1 is 0.774 bits per heavy atom. The summed E-state index contributed by atoms with van der Waals surface area (Å²) in [6.07, 6.45) is -0.219. The van der Waals surface area contributed by atoms with Crippen LogP contribution >= 0.6 is 0 Å². The van der Waals surface area contributed by atoms with Crippen molar-refractivity contribution in [1.82, 2.24) is 0 Å². The third kappa shape index (κ3) is 3.82. The lowest BCUT2D eigenvalue weighted by atomic mass is 9.94. The normalized spacial score (nSPS) is 13.8. The number of rotatable bonds is 6. The molecule has 0 radical (unpaired) electrons. The largest absolute Gasteiger partial charge is 0.300 e. The first kappa shape index (κ1) is 20.4. The number of para-hydroxylation sites is 1. The zero-order valence-electron chi connectivity index (χ0n) is 17.3. The van der Waals surface area contributed by atoms with Crippen LogP contribution in [0.25, 0.3) is 0 Å². The summed E-state index contributed by atoms with van der Waals surface area (Å²) in [4.78, 5) is 53.1. The second kappa shape index (κ2) is 8.11. The molecule has 1 aliphatic heterocycles. The minimum atomic E-state index is -1.11. The number of fused-ring (bicyclic) bond motifs is 1. The molecule has 0 saturated heterocycles. The molecule has 0 N–H and O–H groups in total. The van der Waals surface area contributed by atoms with Crippen molar-refractivity contribution in [3.05, 3.63) is 101 Å². The van der Waals surface area contributed by atoms with Gasteiger partial charge in [-0.25, -0.2) is 0 Å². The van der Waals surface area contributed by atoms with Crippen molar-refractivity contribution >= 4 is 28.9 Å². The molecule has 0 aliphatic carbocycles. The fraction of sp³-hybridized carbons (Fsp3) is 0.154. The number of hydrogen-bond donors (Lipinski definition) is 0. The molecule has 3 aromatic carbocycles. The van der Waals surface area contributed by atoms with Crippen LogP contribution in [-0.4, -0.2) is 29.3 Å². The Bertz CT molecular complexity index is 1190. The Balaban J connectivity index is 1.76. The van der Waals surface area contributed by atoms with Gasteiger partial charge in [0.2, 0.25) is 0 Å². The lowest BCUT2D eigenvalue weighted by Crippen LogP contribution is -2.46. The zero-order valence-corrected chi connectivity index (χ0v) is 17.3. The van der Waals surface area contributed by atoms with Crippen LogP contribution in [0, 0.1) is 13.8 Å². The quantitative estimate of drug-likeness (QED) is 0.446. The molecule has 5 nitrogen and oxygen atoms in total. The topological polar surface area (TPSA) is 71.5 Å². The molecule has 1 atom stereocenters. The molecule has 3 aromatic rings. The van der Waals surface area contributed by atoms with E-state index in [2.05, 4.69) is 0 Å². The molecule has 4 rings (SSSR count). The fourth-order valence-corrected chi connectivity index (χ4v) is 3.76. The fourth-order valence-electron chi connectivity index (χ4n) is 3.76. The first-order valence-corrected chi connectivity index (χ1v) is 10.0. The van der Waals surface area contributed by atoms with Gasteiger partial charge in [0.1, 0.15) is 6.04 Å². The van der Waals surface area contributed by atoms with Gasteiger partial charge in [-0.1, -0.05) is 71.8 Å². The van der Waals surface area contributed by atoms with E-state index < -0.39 is 17.7 Å². The first-order chi connectivity index (χ1) is 14.9. The smallest absolute Gasteiger partial charge is 0.294 e. The maximum Gasteiger partial charge on any atom is 0.300 e. The Morgan fingerprint density at radius 2 is 1.32 bits per heavy atom. The van der Waals surface area contributed by atoms with Gasteiger partial charge in [-0.2, -0.15) is 0 Å². The van der Waals surface area contributed by atoms with Crippen LogP contribution in [-0.2, 0) is 4.79 Å². The Hall–Kier alpha value is -3.86. The van der Waals surface area contributed by atoms with Gasteiger partial charge in [0, 0.05) is 17.5 Å². The minimum absolute atomic E-state index is 0.219. The van der Waals surface area contributed by atoms with Gasteiger partial charge in [-0.15, -0.1) is 0 Å². The Morgan fingerprint density at radius 3 is 1.94 bits per heavy atom. The first-order valence-electron chi connectivity index (χ1n) is 10.0. The number of aryl methyl sites for hydroxylation is 2. The summed E-state index contributed by atoms with van der Waals surface area (Å²) in [5.41, 5.74) is 3.45. The predicted octanol–water partition coefficient (Wildman–Crippen LogP) is 4.36. The number of anilines is 1. The van der Waals surface area contributed by atoms with Gasteiger partial charge in [-0.05, 0) is 26.0 Å². The molecule has 1 amide bonds. The highest BCUT2D eigenvalue weighted by molar-refractivity contribution is 6.53. The molecule has 1 heterocycles. The van der Waals surface area contributed by atoms with Crippen LogP contribution in [0.5, 0.6) is 0 Å². The third-order valence-corrected chi connectivity index (χ3v) is 5.52. The van der Waals surface area contributed by atoms with E-state index in [4.69, 9.17) is 0 Å². The Kier molecular flexibility index (Phi) is 5.34. The van der Waals surface area contributed by atoms with E-state index in [1.54, 1.807) is 60.7 Å². The molecular weight excluding hydrogens is 390 g/mol. The Labute approximate surface area is 180 Å². The number of amides is 1. The van der Waals surface area contributed by atoms with Gasteiger partial charge in [0.05, 0.1) is 11.3 Å². The maximum absolute atomic E-state index is 13.5. The summed E-state index contributed by atoms with van der Waals surface area (Å²) >= 11 is 0. The van der Waals surface area contributed by atoms with Gasteiger partial charge < -0.3 is 0 Å². The summed E-state index contributed by atoms with van der Waals surface area (Å²) in [7, 11) is 0. The molecule has 0 saturated carbocycles. The number of carbonyl (C=O) groups is 4. The summed E-state index contributed by atoms with van der Waals surface area (Å²) in [5, 5.41) is 0. The van der Waals surface area contributed by atoms with Gasteiger partial charge in [0.15, 0.2) is 11.6 Å². The standard InChI is InChI=1S/C26H21NO4/c1-16-7-11-18(12-8-16)23(28)15-22(24(29)19-13-9-17(2)10-14-19)27-21-6-4-3-5-20(21)25(30)26(27)31/h3-14,22H,15H2,1-2H3/t22-/m0/s1. The van der Waals surface area contributed by atoms with Crippen LogP contribution < -0.4 is 4.90 Å². The molecule has 0 aromatic heterocycles. The molecule has 1 aliphatic rings. The lowest BCUT2D eigenvalue weighted by Gasteiger charge is -2.26. The highest BCUT2D eigenvalue weighted by Crippen LogP contribution is 2.33. The number of benzene rings is 3. The van der Waals surface area contributed by atoms with Crippen LogP contribution in [0.15, 0.2) is 72.8 Å². The zero-order chi connectivity index (χ0) is 22.1. The lowest BCUT2D eigenvalue weighted by molar-refractivity contribution is -0.114. The molecule has 0 fully saturated rings. The molecule has 154 valence electrons. The highest BCUT2D eigenvalue weighted by atomic mass is 16.2.